The van der Waals surface area contributed by atoms with Gasteiger partial charge in [-0.05, 0) is 55.7 Å². The lowest BCUT2D eigenvalue weighted by atomic mass is 9.96. The molecule has 20 heavy (non-hydrogen) atoms. The van der Waals surface area contributed by atoms with E-state index in [1.807, 2.05) is 12.1 Å². The summed E-state index contributed by atoms with van der Waals surface area (Å²) in [5.41, 5.74) is 8.30. The minimum absolute atomic E-state index is 0.163. The van der Waals surface area contributed by atoms with Crippen molar-refractivity contribution in [1.82, 2.24) is 5.32 Å². The highest BCUT2D eigenvalue weighted by Gasteiger charge is 2.25. The van der Waals surface area contributed by atoms with Crippen LogP contribution in [-0.4, -0.2) is 19.0 Å². The first kappa shape index (κ1) is 15.0. The third-order valence-corrected chi connectivity index (χ3v) is 4.56. The summed E-state index contributed by atoms with van der Waals surface area (Å²) in [6.45, 7) is 3.65. The minimum atomic E-state index is 0.163. The van der Waals surface area contributed by atoms with Gasteiger partial charge >= 0.3 is 0 Å². The third kappa shape index (κ3) is 4.07. The number of hydrogen-bond donors (Lipinski definition) is 2. The van der Waals surface area contributed by atoms with Crippen LogP contribution in [0.3, 0.4) is 0 Å². The molecule has 2 unspecified atom stereocenters. The van der Waals surface area contributed by atoms with Crippen molar-refractivity contribution in [3.8, 4) is 0 Å². The van der Waals surface area contributed by atoms with E-state index in [9.17, 15) is 4.79 Å². The first-order valence-corrected chi connectivity index (χ1v) is 7.72. The summed E-state index contributed by atoms with van der Waals surface area (Å²) in [7, 11) is 0. The summed E-state index contributed by atoms with van der Waals surface area (Å²) < 4.78 is 0. The minimum Gasteiger partial charge on any atom is -0.356 e. The predicted octanol–water partition coefficient (Wildman–Crippen LogP) is 2.42. The fourth-order valence-corrected chi connectivity index (χ4v) is 3.16. The first-order chi connectivity index (χ1) is 9.70. The van der Waals surface area contributed by atoms with Crippen LogP contribution < -0.4 is 11.1 Å². The average Bonchev–Trinajstić information content (AvgIpc) is 2.91. The molecule has 1 aromatic carbocycles. The smallest absolute Gasteiger partial charge is 0.220 e. The molecule has 3 nitrogen and oxygen atoms in total. The van der Waals surface area contributed by atoms with Crippen molar-refractivity contribution >= 4 is 5.91 Å². The zero-order valence-electron chi connectivity index (χ0n) is 12.4. The van der Waals surface area contributed by atoms with Gasteiger partial charge in [-0.25, -0.2) is 0 Å². The molecule has 0 heterocycles. The van der Waals surface area contributed by atoms with Crippen LogP contribution in [-0.2, 0) is 11.2 Å². The van der Waals surface area contributed by atoms with Crippen molar-refractivity contribution in [2.24, 2.45) is 17.6 Å². The summed E-state index contributed by atoms with van der Waals surface area (Å²) in [5.74, 6) is 1.35. The van der Waals surface area contributed by atoms with Crippen LogP contribution in [0.4, 0.5) is 0 Å². The molecule has 110 valence electrons. The molecule has 3 heteroatoms. The Morgan fingerprint density at radius 3 is 2.80 bits per heavy atom. The van der Waals surface area contributed by atoms with Gasteiger partial charge in [0.2, 0.25) is 5.91 Å². The molecule has 0 saturated heterocycles. The fraction of sp³-hybridized carbons (Fsp3) is 0.588. The number of carbonyl (C=O) groups is 1. The van der Waals surface area contributed by atoms with E-state index in [4.69, 9.17) is 5.73 Å². The third-order valence-electron chi connectivity index (χ3n) is 4.56. The van der Waals surface area contributed by atoms with Crippen molar-refractivity contribution in [2.45, 2.75) is 39.0 Å². The number of amides is 1. The maximum absolute atomic E-state index is 11.9. The Balaban J connectivity index is 1.72. The van der Waals surface area contributed by atoms with Crippen LogP contribution in [0, 0.1) is 18.8 Å². The van der Waals surface area contributed by atoms with E-state index in [1.54, 1.807) is 0 Å². The molecule has 2 atom stereocenters. The Labute approximate surface area is 121 Å². The van der Waals surface area contributed by atoms with E-state index >= 15 is 0 Å². The van der Waals surface area contributed by atoms with Crippen molar-refractivity contribution in [3.05, 3.63) is 35.4 Å². The molecule has 1 aromatic rings. The number of rotatable bonds is 6. The van der Waals surface area contributed by atoms with E-state index in [1.165, 1.54) is 30.4 Å². The Kier molecular flexibility index (Phi) is 5.60. The molecule has 0 aromatic heterocycles. The van der Waals surface area contributed by atoms with Gasteiger partial charge in [0.1, 0.15) is 0 Å². The molecule has 1 aliphatic rings. The molecule has 1 amide bonds. The first-order valence-electron chi connectivity index (χ1n) is 7.72. The Bertz CT molecular complexity index is 444. The number of aryl methyl sites for hydroxylation is 2. The van der Waals surface area contributed by atoms with E-state index in [2.05, 4.69) is 24.4 Å². The van der Waals surface area contributed by atoms with Crippen molar-refractivity contribution in [2.75, 3.05) is 13.1 Å². The molecule has 0 aliphatic heterocycles. The van der Waals surface area contributed by atoms with Gasteiger partial charge in [-0.1, -0.05) is 30.7 Å². The van der Waals surface area contributed by atoms with E-state index < -0.39 is 0 Å². The van der Waals surface area contributed by atoms with Gasteiger partial charge in [-0.3, -0.25) is 4.79 Å². The van der Waals surface area contributed by atoms with Gasteiger partial charge in [0.15, 0.2) is 0 Å². The normalized spacial score (nSPS) is 21.9. The molecule has 2 rings (SSSR count). The maximum atomic E-state index is 11.9. The second-order valence-corrected chi connectivity index (χ2v) is 5.92. The van der Waals surface area contributed by atoms with Crippen LogP contribution in [0.1, 0.15) is 36.8 Å². The van der Waals surface area contributed by atoms with Gasteiger partial charge in [-0.15, -0.1) is 0 Å². The van der Waals surface area contributed by atoms with E-state index in [-0.39, 0.29) is 5.91 Å². The molecule has 0 radical (unpaired) electrons. The molecular weight excluding hydrogens is 248 g/mol. The van der Waals surface area contributed by atoms with Gasteiger partial charge < -0.3 is 11.1 Å². The Morgan fingerprint density at radius 1 is 1.30 bits per heavy atom. The number of nitrogens with two attached hydrogens (primary N) is 1. The Hall–Kier alpha value is -1.35. The highest BCUT2D eigenvalue weighted by atomic mass is 16.1. The fourth-order valence-electron chi connectivity index (χ4n) is 3.16. The maximum Gasteiger partial charge on any atom is 0.220 e. The summed E-state index contributed by atoms with van der Waals surface area (Å²) >= 11 is 0. The highest BCUT2D eigenvalue weighted by Crippen LogP contribution is 2.30. The summed E-state index contributed by atoms with van der Waals surface area (Å²) in [4.78, 5) is 11.9. The van der Waals surface area contributed by atoms with Crippen LogP contribution in [0.25, 0.3) is 0 Å². The lowest BCUT2D eigenvalue weighted by Crippen LogP contribution is -2.32. The van der Waals surface area contributed by atoms with Crippen molar-refractivity contribution < 1.29 is 4.79 Å². The zero-order valence-corrected chi connectivity index (χ0v) is 12.4. The molecule has 0 bridgehead atoms. The van der Waals surface area contributed by atoms with Gasteiger partial charge in [0.25, 0.3) is 0 Å². The van der Waals surface area contributed by atoms with Crippen molar-refractivity contribution in [3.63, 3.8) is 0 Å². The monoisotopic (exact) mass is 274 g/mol. The van der Waals surface area contributed by atoms with Crippen LogP contribution >= 0.6 is 0 Å². The van der Waals surface area contributed by atoms with Gasteiger partial charge in [-0.2, -0.15) is 0 Å². The molecule has 1 fully saturated rings. The number of hydrogen-bond acceptors (Lipinski definition) is 2. The van der Waals surface area contributed by atoms with Crippen LogP contribution in [0.2, 0.25) is 0 Å². The summed E-state index contributed by atoms with van der Waals surface area (Å²) in [6.07, 6.45) is 5.08. The molecule has 3 N–H and O–H groups in total. The highest BCUT2D eigenvalue weighted by molar-refractivity contribution is 5.76. The molecule has 1 saturated carbocycles. The predicted molar refractivity (Wildman–Crippen MR) is 82.4 cm³/mol. The van der Waals surface area contributed by atoms with Gasteiger partial charge in [0.05, 0.1) is 0 Å². The molecule has 1 aliphatic carbocycles. The second kappa shape index (κ2) is 7.44. The Morgan fingerprint density at radius 2 is 2.05 bits per heavy atom. The van der Waals surface area contributed by atoms with Crippen molar-refractivity contribution in [1.29, 1.82) is 0 Å². The number of carbonyl (C=O) groups excluding carboxylic acids is 1. The lowest BCUT2D eigenvalue weighted by molar-refractivity contribution is -0.121. The topological polar surface area (TPSA) is 55.1 Å². The standard InChI is InChI=1S/C17H26N2O/c1-13-5-2-3-6-14(13)9-10-17(20)19-12-16-8-4-7-15(16)11-18/h2-3,5-6,15-16H,4,7-12,18H2,1H3,(H,19,20). The summed E-state index contributed by atoms with van der Waals surface area (Å²) in [5, 5.41) is 3.08. The largest absolute Gasteiger partial charge is 0.356 e. The summed E-state index contributed by atoms with van der Waals surface area (Å²) in [6, 6.07) is 8.26. The van der Waals surface area contributed by atoms with Crippen LogP contribution in [0.15, 0.2) is 24.3 Å². The number of nitrogens with one attached hydrogen (secondary N) is 1. The van der Waals surface area contributed by atoms with E-state index in [0.29, 0.717) is 18.3 Å². The quantitative estimate of drug-likeness (QED) is 0.837. The molecule has 0 spiro atoms. The average molecular weight is 274 g/mol. The second-order valence-electron chi connectivity index (χ2n) is 5.92. The lowest BCUT2D eigenvalue weighted by Gasteiger charge is -2.18. The van der Waals surface area contributed by atoms with Crippen LogP contribution in [0.5, 0.6) is 0 Å². The van der Waals surface area contributed by atoms with E-state index in [0.717, 1.165) is 19.5 Å². The molecular formula is C17H26N2O. The number of benzene rings is 1. The SMILES string of the molecule is Cc1ccccc1CCC(=O)NCC1CCCC1CN. The van der Waals surface area contributed by atoms with Gasteiger partial charge in [0, 0.05) is 13.0 Å². The zero-order chi connectivity index (χ0) is 14.4.